The Morgan fingerprint density at radius 2 is 1.79 bits per heavy atom. The van der Waals surface area contributed by atoms with E-state index in [0.29, 0.717) is 11.2 Å². The fourth-order valence-corrected chi connectivity index (χ4v) is 1.47. The maximum atomic E-state index is 11.7. The summed E-state index contributed by atoms with van der Waals surface area (Å²) in [7, 11) is 4.77. The number of imidazole rings is 1. The highest BCUT2D eigenvalue weighted by atomic mass is 16.2. The molecule has 14 heavy (non-hydrogen) atoms. The third-order valence-electron chi connectivity index (χ3n) is 2.32. The molecule has 74 valence electrons. The second-order valence-corrected chi connectivity index (χ2v) is 3.23. The zero-order chi connectivity index (χ0) is 10.5. The van der Waals surface area contributed by atoms with Gasteiger partial charge in [-0.05, 0) is 0 Å². The topological polar surface area (TPSA) is 61.8 Å². The Hall–Kier alpha value is -1.85. The first-order valence-corrected chi connectivity index (χ1v) is 4.11. The minimum absolute atomic E-state index is 0.317. The molecular weight excluding hydrogens is 187 g/mol. The number of aryl methyl sites for hydroxylation is 2. The lowest BCUT2D eigenvalue weighted by Crippen LogP contribution is -2.37. The van der Waals surface area contributed by atoms with Gasteiger partial charge >= 0.3 is 5.69 Å². The first kappa shape index (κ1) is 8.74. The highest BCUT2D eigenvalue weighted by molar-refractivity contribution is 5.69. The van der Waals surface area contributed by atoms with Crippen LogP contribution in [-0.2, 0) is 21.1 Å². The smallest absolute Gasteiger partial charge is 0.328 e. The quantitative estimate of drug-likeness (QED) is 0.507. The van der Waals surface area contributed by atoms with Crippen molar-refractivity contribution in [3.63, 3.8) is 0 Å². The first-order valence-electron chi connectivity index (χ1n) is 4.11. The summed E-state index contributed by atoms with van der Waals surface area (Å²) in [4.78, 5) is 27.2. The van der Waals surface area contributed by atoms with Gasteiger partial charge in [-0.15, -0.1) is 0 Å². The number of rotatable bonds is 0. The number of hydrogen-bond donors (Lipinski definition) is 0. The zero-order valence-corrected chi connectivity index (χ0v) is 8.18. The van der Waals surface area contributed by atoms with Crippen LogP contribution in [0.5, 0.6) is 0 Å². The van der Waals surface area contributed by atoms with E-state index in [2.05, 4.69) is 4.98 Å². The van der Waals surface area contributed by atoms with Crippen LogP contribution in [0.4, 0.5) is 0 Å². The minimum Gasteiger partial charge on any atom is -0.328 e. The molecule has 0 bridgehead atoms. The first-order chi connectivity index (χ1) is 6.54. The van der Waals surface area contributed by atoms with Crippen LogP contribution in [0.15, 0.2) is 15.9 Å². The lowest BCUT2D eigenvalue weighted by molar-refractivity contribution is 0.705. The average molecular weight is 197 g/mol. The molecule has 0 atom stereocenters. The Bertz CT molecular complexity index is 617. The molecule has 0 saturated heterocycles. The van der Waals surface area contributed by atoms with Crippen molar-refractivity contribution in [3.05, 3.63) is 27.2 Å². The highest BCUT2D eigenvalue weighted by Crippen LogP contribution is 2.01. The minimum atomic E-state index is -0.360. The average Bonchev–Trinajstić information content (AvgIpc) is 2.54. The molecule has 0 amide bonds. The van der Waals surface area contributed by atoms with E-state index in [4.69, 9.17) is 0 Å². The van der Waals surface area contributed by atoms with Crippen LogP contribution >= 0.6 is 0 Å². The predicted molar refractivity (Wildman–Crippen MR) is 51.2 cm³/mol. The number of aromatic nitrogens is 4. The molecule has 2 aromatic rings. The molecule has 2 rings (SSSR count). The molecule has 0 aliphatic carbocycles. The lowest BCUT2D eigenvalue weighted by Gasteiger charge is -2.02. The van der Waals surface area contributed by atoms with Gasteiger partial charge < -0.3 is 4.57 Å². The van der Waals surface area contributed by atoms with E-state index in [1.807, 2.05) is 0 Å². The molecule has 0 N–H and O–H groups in total. The van der Waals surface area contributed by atoms with Gasteiger partial charge in [-0.1, -0.05) is 0 Å². The van der Waals surface area contributed by atoms with Gasteiger partial charge in [0.15, 0.2) is 11.2 Å². The highest BCUT2D eigenvalue weighted by Gasteiger charge is 2.11. The molecule has 0 unspecified atom stereocenters. The number of fused-ring (bicyclic) bond motifs is 1. The largest absolute Gasteiger partial charge is 0.332 e. The van der Waals surface area contributed by atoms with Crippen molar-refractivity contribution >= 4 is 11.2 Å². The van der Waals surface area contributed by atoms with E-state index in [1.54, 1.807) is 18.7 Å². The van der Waals surface area contributed by atoms with Gasteiger partial charge in [0.2, 0.25) is 0 Å². The van der Waals surface area contributed by atoms with Gasteiger partial charge in [0.1, 0.15) is 0 Å². The molecule has 0 aliphatic rings. The normalized spacial score (nSPS) is 11.1. The second kappa shape index (κ2) is 2.57. The van der Waals surface area contributed by atoms with Gasteiger partial charge in [0.05, 0.1) is 6.33 Å². The second-order valence-electron chi connectivity index (χ2n) is 3.23. The molecule has 0 saturated carbocycles. The van der Waals surface area contributed by atoms with Crippen molar-refractivity contribution in [2.24, 2.45) is 21.1 Å². The summed E-state index contributed by atoms with van der Waals surface area (Å²) in [6.07, 6.45) is 1.52. The lowest BCUT2D eigenvalue weighted by atomic mass is 10.5. The monoisotopic (exact) mass is 197 g/mol. The molecule has 0 aromatic carbocycles. The molecule has 0 aliphatic heterocycles. The number of nitrogens with zero attached hydrogens (tertiary/aromatic N) is 4. The van der Waals surface area contributed by atoms with E-state index in [-0.39, 0.29) is 11.2 Å². The van der Waals surface area contributed by atoms with Crippen molar-refractivity contribution in [1.29, 1.82) is 0 Å². The van der Waals surface area contributed by atoms with Crippen LogP contribution in [0.3, 0.4) is 0 Å². The maximum Gasteiger partial charge on any atom is 0.332 e. The van der Waals surface area contributed by atoms with Crippen LogP contribution in [0.25, 0.3) is 11.2 Å². The van der Waals surface area contributed by atoms with Crippen molar-refractivity contribution in [2.75, 3.05) is 0 Å². The standard InChI is InChI=1S/C8H10N4O2/c1-10-4-9-6-5(10)7(13)12(3)8(14)11(6)2/h4H,1-3H3/i2+1,3+1,8+1. The Morgan fingerprint density at radius 1 is 1.14 bits per heavy atom. The van der Waals surface area contributed by atoms with E-state index < -0.39 is 0 Å². The van der Waals surface area contributed by atoms with Crippen LogP contribution in [-0.4, -0.2) is 18.7 Å². The summed E-state index contributed by atoms with van der Waals surface area (Å²) < 4.78 is 4.04. The van der Waals surface area contributed by atoms with Crippen molar-refractivity contribution in [3.8, 4) is 0 Å². The van der Waals surface area contributed by atoms with Gasteiger partial charge in [0, 0.05) is 21.1 Å². The van der Waals surface area contributed by atoms with Crippen molar-refractivity contribution in [2.45, 2.75) is 0 Å². The molecule has 6 nitrogen and oxygen atoms in total. The third kappa shape index (κ3) is 0.876. The van der Waals surface area contributed by atoms with E-state index in [1.165, 1.54) is 17.9 Å². The van der Waals surface area contributed by atoms with Gasteiger partial charge in [-0.2, -0.15) is 0 Å². The van der Waals surface area contributed by atoms with Crippen LogP contribution in [0, 0.1) is 0 Å². The molecular formula is C8H10N4O2. The van der Waals surface area contributed by atoms with E-state index >= 15 is 0 Å². The molecule has 0 spiro atoms. The summed E-state index contributed by atoms with van der Waals surface area (Å²) in [6, 6.07) is 0. The van der Waals surface area contributed by atoms with Crippen molar-refractivity contribution < 1.29 is 0 Å². The molecule has 0 fully saturated rings. The Kier molecular flexibility index (Phi) is 1.60. The maximum absolute atomic E-state index is 11.7. The molecule has 2 aromatic heterocycles. The van der Waals surface area contributed by atoms with E-state index in [9.17, 15) is 9.59 Å². The zero-order valence-electron chi connectivity index (χ0n) is 8.18. The third-order valence-corrected chi connectivity index (χ3v) is 2.32. The van der Waals surface area contributed by atoms with Crippen LogP contribution in [0.1, 0.15) is 0 Å². The molecule has 0 radical (unpaired) electrons. The van der Waals surface area contributed by atoms with Crippen LogP contribution < -0.4 is 11.2 Å². The summed E-state index contributed by atoms with van der Waals surface area (Å²) in [5.41, 5.74) is 0.180. The summed E-state index contributed by atoms with van der Waals surface area (Å²) in [6.45, 7) is 0. The van der Waals surface area contributed by atoms with Gasteiger partial charge in [0.25, 0.3) is 5.56 Å². The fourth-order valence-electron chi connectivity index (χ4n) is 1.47. The Morgan fingerprint density at radius 3 is 2.43 bits per heavy atom. The molecule has 2 heterocycles. The Balaban J connectivity index is 3.22. The van der Waals surface area contributed by atoms with Gasteiger partial charge in [-0.3, -0.25) is 13.9 Å². The predicted octanol–water partition coefficient (Wildman–Crippen LogP) is -1.03. The fraction of sp³-hybridized carbons (Fsp3) is 0.375. The van der Waals surface area contributed by atoms with E-state index in [0.717, 1.165) is 4.57 Å². The Labute approximate surface area is 79.0 Å². The summed E-state index contributed by atoms with van der Waals surface area (Å²) in [5, 5.41) is 0. The summed E-state index contributed by atoms with van der Waals surface area (Å²) in [5.74, 6) is 0. The summed E-state index contributed by atoms with van der Waals surface area (Å²) >= 11 is 0. The van der Waals surface area contributed by atoms with Gasteiger partial charge in [-0.25, -0.2) is 9.78 Å². The molecule has 6 heteroatoms. The number of hydrogen-bond acceptors (Lipinski definition) is 3. The van der Waals surface area contributed by atoms with Crippen LogP contribution in [0.2, 0.25) is 0 Å². The SMILES string of the molecule is Cn1cnc2c1c(=O)n([13CH3])[13c](=O)n2[13CH3]. The van der Waals surface area contributed by atoms with Crippen molar-refractivity contribution in [1.82, 2.24) is 18.7 Å².